The zero-order chi connectivity index (χ0) is 14.8. The van der Waals surface area contributed by atoms with E-state index < -0.39 is 29.1 Å². The molecule has 0 radical (unpaired) electrons. The highest BCUT2D eigenvalue weighted by Gasteiger charge is 2.39. The Bertz CT molecular complexity index is 451. The van der Waals surface area contributed by atoms with Crippen LogP contribution in [-0.2, 0) is 15.5 Å². The first-order valence-electron chi connectivity index (χ1n) is 6.06. The van der Waals surface area contributed by atoms with Gasteiger partial charge < -0.3 is 14.8 Å². The molecule has 0 bridgehead atoms. The van der Waals surface area contributed by atoms with E-state index in [4.69, 9.17) is 4.65 Å². The quantitative estimate of drug-likeness (QED) is 0.780. The van der Waals surface area contributed by atoms with E-state index in [2.05, 4.69) is 0 Å². The fourth-order valence-electron chi connectivity index (χ4n) is 1.32. The molecule has 0 saturated carbocycles. The second-order valence-corrected chi connectivity index (χ2v) is 6.94. The topological polar surface area (TPSA) is 66.8 Å². The Balaban J connectivity index is 2.84. The maximum absolute atomic E-state index is 11.3. The summed E-state index contributed by atoms with van der Waals surface area (Å²) in [4.78, 5) is 0.692. The highest BCUT2D eigenvalue weighted by atomic mass is 32.2. The van der Waals surface area contributed by atoms with E-state index in [1.54, 1.807) is 58.2 Å². The summed E-state index contributed by atoms with van der Waals surface area (Å²) in [7, 11) is -2.18. The molecule has 1 atom stereocenters. The van der Waals surface area contributed by atoms with Crippen LogP contribution in [0.3, 0.4) is 0 Å². The van der Waals surface area contributed by atoms with Crippen LogP contribution >= 0.6 is 0 Å². The standard InChI is InChI=1S/C13H21BO4S/c1-12(2,15)13(3,4)18-14(16)10-6-8-11(9-7-10)19(5)17/h6-9,15-16H,1-5H3. The van der Waals surface area contributed by atoms with E-state index in [0.717, 1.165) is 0 Å². The molecule has 19 heavy (non-hydrogen) atoms. The van der Waals surface area contributed by atoms with Crippen molar-refractivity contribution < 1.29 is 19.0 Å². The number of hydrogen-bond donors (Lipinski definition) is 2. The van der Waals surface area contributed by atoms with Gasteiger partial charge in [0.05, 0.1) is 11.2 Å². The minimum atomic E-state index is -1.14. The molecule has 106 valence electrons. The van der Waals surface area contributed by atoms with Gasteiger partial charge >= 0.3 is 7.12 Å². The summed E-state index contributed by atoms with van der Waals surface area (Å²) in [6.45, 7) is 6.68. The third kappa shape index (κ3) is 4.14. The average molecular weight is 284 g/mol. The van der Waals surface area contributed by atoms with E-state index >= 15 is 0 Å². The zero-order valence-electron chi connectivity index (χ0n) is 12.0. The molecule has 1 aromatic rings. The van der Waals surface area contributed by atoms with Gasteiger partial charge in [-0.25, -0.2) is 0 Å². The maximum atomic E-state index is 11.3. The number of benzene rings is 1. The smallest absolute Gasteiger partial charge is 0.423 e. The molecule has 0 amide bonds. The predicted molar refractivity (Wildman–Crippen MR) is 77.8 cm³/mol. The van der Waals surface area contributed by atoms with E-state index in [0.29, 0.717) is 10.4 Å². The SMILES string of the molecule is CS(=O)c1ccc(B(O)OC(C)(C)C(C)(C)O)cc1. The van der Waals surface area contributed by atoms with Gasteiger partial charge in [-0.3, -0.25) is 4.21 Å². The molecule has 1 unspecified atom stereocenters. The predicted octanol–water partition coefficient (Wildman–Crippen LogP) is 0.678. The normalized spacial score (nSPS) is 14.3. The van der Waals surface area contributed by atoms with Crippen molar-refractivity contribution in [3.63, 3.8) is 0 Å². The fourth-order valence-corrected chi connectivity index (χ4v) is 1.83. The van der Waals surface area contributed by atoms with Crippen molar-refractivity contribution in [3.05, 3.63) is 24.3 Å². The van der Waals surface area contributed by atoms with Gasteiger partial charge in [-0.2, -0.15) is 0 Å². The minimum absolute atomic E-state index is 0.562. The molecule has 0 spiro atoms. The van der Waals surface area contributed by atoms with Gasteiger partial charge in [-0.15, -0.1) is 0 Å². The molecule has 0 aliphatic carbocycles. The van der Waals surface area contributed by atoms with Gasteiger partial charge in [0.25, 0.3) is 0 Å². The van der Waals surface area contributed by atoms with Gasteiger partial charge in [-0.05, 0) is 45.3 Å². The molecule has 1 rings (SSSR count). The van der Waals surface area contributed by atoms with Crippen LogP contribution < -0.4 is 5.46 Å². The zero-order valence-corrected chi connectivity index (χ0v) is 12.8. The molecule has 0 heterocycles. The van der Waals surface area contributed by atoms with Crippen molar-refractivity contribution in [2.75, 3.05) is 6.26 Å². The van der Waals surface area contributed by atoms with E-state index in [-0.39, 0.29) is 0 Å². The van der Waals surface area contributed by atoms with Crippen molar-refractivity contribution in [2.45, 2.75) is 43.8 Å². The van der Waals surface area contributed by atoms with E-state index in [9.17, 15) is 14.3 Å². The molecule has 0 aromatic heterocycles. The van der Waals surface area contributed by atoms with Crippen LogP contribution in [0.25, 0.3) is 0 Å². The molecule has 0 aliphatic heterocycles. The van der Waals surface area contributed by atoms with Gasteiger partial charge in [0, 0.05) is 22.0 Å². The maximum Gasteiger partial charge on any atom is 0.491 e. The number of aliphatic hydroxyl groups is 1. The fraction of sp³-hybridized carbons (Fsp3) is 0.538. The first-order valence-corrected chi connectivity index (χ1v) is 7.62. The molecule has 0 fully saturated rings. The molecule has 0 saturated heterocycles. The molecule has 2 N–H and O–H groups in total. The Kier molecular flexibility index (Phi) is 4.95. The highest BCUT2D eigenvalue weighted by molar-refractivity contribution is 7.84. The van der Waals surface area contributed by atoms with Gasteiger partial charge in [0.1, 0.15) is 0 Å². The van der Waals surface area contributed by atoms with Crippen LogP contribution in [0.15, 0.2) is 29.2 Å². The Morgan fingerprint density at radius 1 is 1.16 bits per heavy atom. The van der Waals surface area contributed by atoms with Crippen LogP contribution in [0.5, 0.6) is 0 Å². The van der Waals surface area contributed by atoms with Crippen molar-refractivity contribution >= 4 is 23.4 Å². The van der Waals surface area contributed by atoms with E-state index in [1.165, 1.54) is 0 Å². The molecule has 6 heteroatoms. The first-order chi connectivity index (χ1) is 8.54. The van der Waals surface area contributed by atoms with Gasteiger partial charge in [-0.1, -0.05) is 12.1 Å². The van der Waals surface area contributed by atoms with Crippen LogP contribution in [0.2, 0.25) is 0 Å². The number of rotatable bonds is 5. The Morgan fingerprint density at radius 3 is 2.00 bits per heavy atom. The van der Waals surface area contributed by atoms with E-state index in [1.807, 2.05) is 0 Å². The van der Waals surface area contributed by atoms with Crippen LogP contribution in [-0.4, -0.2) is 38.9 Å². The molecule has 4 nitrogen and oxygen atoms in total. The third-order valence-corrected chi connectivity index (χ3v) is 4.31. The highest BCUT2D eigenvalue weighted by Crippen LogP contribution is 2.25. The summed E-state index contributed by atoms with van der Waals surface area (Å²) in [5.74, 6) is 0. The molecular weight excluding hydrogens is 263 g/mol. The molecular formula is C13H21BO4S. The average Bonchev–Trinajstić information content (AvgIpc) is 2.27. The minimum Gasteiger partial charge on any atom is -0.423 e. The van der Waals surface area contributed by atoms with Crippen LogP contribution in [0, 0.1) is 0 Å². The Labute approximate surface area is 117 Å². The summed E-state index contributed by atoms with van der Waals surface area (Å²) in [6, 6.07) is 6.72. The van der Waals surface area contributed by atoms with Gasteiger partial charge in [0.2, 0.25) is 0 Å². The van der Waals surface area contributed by atoms with Crippen molar-refractivity contribution in [3.8, 4) is 0 Å². The second kappa shape index (κ2) is 5.75. The molecule has 1 aromatic carbocycles. The monoisotopic (exact) mass is 284 g/mol. The number of hydrogen-bond acceptors (Lipinski definition) is 4. The lowest BCUT2D eigenvalue weighted by atomic mass is 9.76. The Morgan fingerprint density at radius 2 is 1.63 bits per heavy atom. The van der Waals surface area contributed by atoms with Crippen LogP contribution in [0.4, 0.5) is 0 Å². The van der Waals surface area contributed by atoms with Gasteiger partial charge in [0.15, 0.2) is 0 Å². The lowest BCUT2D eigenvalue weighted by Gasteiger charge is -2.38. The summed E-state index contributed by atoms with van der Waals surface area (Å²) >= 11 is 0. The molecule has 0 aliphatic rings. The third-order valence-electron chi connectivity index (χ3n) is 3.38. The Hall–Kier alpha value is -0.685. The second-order valence-electron chi connectivity index (χ2n) is 5.56. The summed E-state index contributed by atoms with van der Waals surface area (Å²) in [6.07, 6.45) is 1.60. The summed E-state index contributed by atoms with van der Waals surface area (Å²) in [5.41, 5.74) is -1.43. The summed E-state index contributed by atoms with van der Waals surface area (Å²) in [5, 5.41) is 20.0. The van der Waals surface area contributed by atoms with Crippen LogP contribution in [0.1, 0.15) is 27.7 Å². The van der Waals surface area contributed by atoms with Crippen molar-refractivity contribution in [2.24, 2.45) is 0 Å². The van der Waals surface area contributed by atoms with Crippen molar-refractivity contribution in [1.82, 2.24) is 0 Å². The summed E-state index contributed by atoms with van der Waals surface area (Å²) < 4.78 is 16.8. The lowest BCUT2D eigenvalue weighted by molar-refractivity contribution is -0.0982. The first kappa shape index (κ1) is 16.4. The lowest BCUT2D eigenvalue weighted by Crippen LogP contribution is -2.53. The largest absolute Gasteiger partial charge is 0.491 e. The van der Waals surface area contributed by atoms with Crippen molar-refractivity contribution in [1.29, 1.82) is 0 Å².